The fourth-order valence-electron chi connectivity index (χ4n) is 1.27. The van der Waals surface area contributed by atoms with Gasteiger partial charge in [0.1, 0.15) is 16.4 Å². The minimum absolute atomic E-state index is 0.0388. The average molecular weight is 247 g/mol. The third-order valence-electron chi connectivity index (χ3n) is 1.86. The van der Waals surface area contributed by atoms with Crippen molar-refractivity contribution < 1.29 is 19.4 Å². The second kappa shape index (κ2) is 3.36. The molecule has 0 radical (unpaired) electrons. The third kappa shape index (κ3) is 1.53. The Labute approximate surface area is 92.3 Å². The molecule has 6 heteroatoms. The maximum Gasteiger partial charge on any atom is 0.347 e. The van der Waals surface area contributed by atoms with E-state index in [1.807, 2.05) is 0 Å². The van der Waals surface area contributed by atoms with Crippen molar-refractivity contribution in [2.75, 3.05) is 0 Å². The summed E-state index contributed by atoms with van der Waals surface area (Å²) >= 11 is 6.55. The maximum absolute atomic E-state index is 13.4. The van der Waals surface area contributed by atoms with Gasteiger partial charge >= 0.3 is 5.97 Å². The SMILES string of the molecule is O=C(O)c1sc2cc(O)cc(F)c2c1Cl. The number of halogens is 2. The number of aromatic carboxylic acids is 1. The Hall–Kier alpha value is -1.33. The lowest BCUT2D eigenvalue weighted by atomic mass is 10.2. The van der Waals surface area contributed by atoms with E-state index in [0.29, 0.717) is 4.70 Å². The van der Waals surface area contributed by atoms with E-state index in [2.05, 4.69) is 0 Å². The zero-order chi connectivity index (χ0) is 11.2. The van der Waals surface area contributed by atoms with E-state index in [4.69, 9.17) is 21.8 Å². The van der Waals surface area contributed by atoms with Crippen LogP contribution in [0.1, 0.15) is 9.67 Å². The molecule has 3 nitrogen and oxygen atoms in total. The van der Waals surface area contributed by atoms with Crippen molar-refractivity contribution in [2.45, 2.75) is 0 Å². The first-order chi connectivity index (χ1) is 7.00. The lowest BCUT2D eigenvalue weighted by Gasteiger charge is -1.95. The van der Waals surface area contributed by atoms with Crippen LogP contribution in [0.4, 0.5) is 4.39 Å². The highest BCUT2D eigenvalue weighted by Gasteiger charge is 2.19. The Morgan fingerprint density at radius 1 is 1.47 bits per heavy atom. The molecular weight excluding hydrogens is 243 g/mol. The predicted molar refractivity (Wildman–Crippen MR) is 55.4 cm³/mol. The lowest BCUT2D eigenvalue weighted by Crippen LogP contribution is -1.91. The van der Waals surface area contributed by atoms with Gasteiger partial charge in [-0.1, -0.05) is 11.6 Å². The molecular formula is C9H4ClFO3S. The molecule has 1 aromatic carbocycles. The number of fused-ring (bicyclic) bond motifs is 1. The van der Waals surface area contributed by atoms with Gasteiger partial charge in [-0.3, -0.25) is 0 Å². The number of carboxylic acids is 1. The van der Waals surface area contributed by atoms with Crippen LogP contribution in [0.25, 0.3) is 10.1 Å². The summed E-state index contributed by atoms with van der Waals surface area (Å²) in [5.41, 5.74) is 0. The molecule has 0 unspecified atom stereocenters. The van der Waals surface area contributed by atoms with E-state index in [1.165, 1.54) is 6.07 Å². The molecule has 0 saturated heterocycles. The fraction of sp³-hybridized carbons (Fsp3) is 0. The van der Waals surface area contributed by atoms with Crippen molar-refractivity contribution in [1.29, 1.82) is 0 Å². The first kappa shape index (κ1) is 10.2. The molecule has 0 aliphatic heterocycles. The highest BCUT2D eigenvalue weighted by molar-refractivity contribution is 7.21. The maximum atomic E-state index is 13.4. The standard InChI is InChI=1S/C9H4ClFO3S/c10-7-6-4(11)1-3(12)2-5(6)15-8(7)9(13)14/h1-2,12H,(H,13,14). The second-order valence-corrected chi connectivity index (χ2v) is 4.28. The number of phenolic OH excluding ortho intramolecular Hbond substituents is 1. The first-order valence-corrected chi connectivity index (χ1v) is 5.04. The van der Waals surface area contributed by atoms with Gasteiger partial charge in [-0.05, 0) is 6.07 Å². The summed E-state index contributed by atoms with van der Waals surface area (Å²) in [5.74, 6) is -2.19. The number of phenols is 1. The molecule has 0 saturated carbocycles. The zero-order valence-corrected chi connectivity index (χ0v) is 8.69. The Bertz CT molecular complexity index is 564. The van der Waals surface area contributed by atoms with E-state index < -0.39 is 11.8 Å². The molecule has 1 heterocycles. The normalized spacial score (nSPS) is 10.8. The minimum Gasteiger partial charge on any atom is -0.508 e. The molecule has 0 fully saturated rings. The van der Waals surface area contributed by atoms with Crippen LogP contribution < -0.4 is 0 Å². The van der Waals surface area contributed by atoms with Gasteiger partial charge in [-0.25, -0.2) is 9.18 Å². The van der Waals surface area contributed by atoms with E-state index >= 15 is 0 Å². The molecule has 0 aliphatic rings. The van der Waals surface area contributed by atoms with Crippen LogP contribution in [-0.4, -0.2) is 16.2 Å². The molecule has 2 aromatic rings. The summed E-state index contributed by atoms with van der Waals surface area (Å²) < 4.78 is 13.7. The van der Waals surface area contributed by atoms with Gasteiger partial charge in [-0.2, -0.15) is 0 Å². The van der Waals surface area contributed by atoms with E-state index in [-0.39, 0.29) is 21.0 Å². The van der Waals surface area contributed by atoms with Crippen molar-refractivity contribution in [3.8, 4) is 5.75 Å². The number of carboxylic acid groups (broad SMARTS) is 1. The minimum atomic E-state index is -1.21. The number of hydrogen-bond donors (Lipinski definition) is 2. The molecule has 1 aromatic heterocycles. The van der Waals surface area contributed by atoms with Crippen LogP contribution in [-0.2, 0) is 0 Å². The zero-order valence-electron chi connectivity index (χ0n) is 7.12. The lowest BCUT2D eigenvalue weighted by molar-refractivity contribution is 0.0702. The van der Waals surface area contributed by atoms with Crippen molar-refractivity contribution in [3.05, 3.63) is 27.8 Å². The van der Waals surface area contributed by atoms with Gasteiger partial charge in [0.2, 0.25) is 0 Å². The van der Waals surface area contributed by atoms with Gasteiger partial charge < -0.3 is 10.2 Å². The molecule has 0 amide bonds. The number of aromatic hydroxyl groups is 1. The van der Waals surface area contributed by atoms with Crippen molar-refractivity contribution in [3.63, 3.8) is 0 Å². The van der Waals surface area contributed by atoms with Crippen LogP contribution in [0.2, 0.25) is 5.02 Å². The molecule has 0 spiro atoms. The van der Waals surface area contributed by atoms with Gasteiger partial charge in [0.05, 0.1) is 5.02 Å². The van der Waals surface area contributed by atoms with E-state index in [1.54, 1.807) is 0 Å². The number of rotatable bonds is 1. The smallest absolute Gasteiger partial charge is 0.347 e. The number of thiophene rings is 1. The summed E-state index contributed by atoms with van der Waals surface area (Å²) in [7, 11) is 0. The third-order valence-corrected chi connectivity index (χ3v) is 3.48. The van der Waals surface area contributed by atoms with Crippen LogP contribution in [0.15, 0.2) is 12.1 Å². The summed E-state index contributed by atoms with van der Waals surface area (Å²) in [5, 5.41) is 17.8. The van der Waals surface area contributed by atoms with Gasteiger partial charge in [0.15, 0.2) is 0 Å². The molecule has 0 atom stereocenters. The molecule has 15 heavy (non-hydrogen) atoms. The fourth-order valence-corrected chi connectivity index (χ4v) is 2.69. The average Bonchev–Trinajstić information content (AvgIpc) is 2.42. The van der Waals surface area contributed by atoms with Crippen LogP contribution in [0.3, 0.4) is 0 Å². The predicted octanol–water partition coefficient (Wildman–Crippen LogP) is 3.10. The van der Waals surface area contributed by atoms with Crippen molar-refractivity contribution >= 4 is 39.0 Å². The largest absolute Gasteiger partial charge is 0.508 e. The quantitative estimate of drug-likeness (QED) is 0.813. The molecule has 78 valence electrons. The van der Waals surface area contributed by atoms with Crippen LogP contribution in [0.5, 0.6) is 5.75 Å². The van der Waals surface area contributed by atoms with Crippen molar-refractivity contribution in [1.82, 2.24) is 0 Å². The van der Waals surface area contributed by atoms with Crippen LogP contribution in [0, 0.1) is 5.82 Å². The van der Waals surface area contributed by atoms with E-state index in [9.17, 15) is 9.18 Å². The monoisotopic (exact) mass is 246 g/mol. The summed E-state index contributed by atoms with van der Waals surface area (Å²) in [6, 6.07) is 2.17. The Balaban J connectivity index is 2.88. The Kier molecular flexibility index (Phi) is 2.28. The molecule has 0 bridgehead atoms. The number of benzene rings is 1. The highest BCUT2D eigenvalue weighted by Crippen LogP contribution is 2.38. The Morgan fingerprint density at radius 2 is 2.13 bits per heavy atom. The molecule has 2 N–H and O–H groups in total. The van der Waals surface area contributed by atoms with Gasteiger partial charge in [-0.15, -0.1) is 11.3 Å². The second-order valence-electron chi connectivity index (χ2n) is 2.85. The van der Waals surface area contributed by atoms with E-state index in [0.717, 1.165) is 17.4 Å². The van der Waals surface area contributed by atoms with Crippen LogP contribution >= 0.6 is 22.9 Å². The topological polar surface area (TPSA) is 57.5 Å². The van der Waals surface area contributed by atoms with Crippen molar-refractivity contribution in [2.24, 2.45) is 0 Å². The summed E-state index contributed by atoms with van der Waals surface area (Å²) in [6.45, 7) is 0. The Morgan fingerprint density at radius 3 is 2.73 bits per heavy atom. The number of hydrogen-bond acceptors (Lipinski definition) is 3. The summed E-state index contributed by atoms with van der Waals surface area (Å²) in [4.78, 5) is 10.6. The molecule has 0 aliphatic carbocycles. The van der Waals surface area contributed by atoms with Gasteiger partial charge in [0, 0.05) is 16.2 Å². The van der Waals surface area contributed by atoms with Gasteiger partial charge in [0.25, 0.3) is 0 Å². The highest BCUT2D eigenvalue weighted by atomic mass is 35.5. The summed E-state index contributed by atoms with van der Waals surface area (Å²) in [6.07, 6.45) is 0. The molecule has 2 rings (SSSR count). The number of carbonyl (C=O) groups is 1. The first-order valence-electron chi connectivity index (χ1n) is 3.84.